The molecule has 1 N–H and O–H groups in total. The average Bonchev–Trinajstić information content (AvgIpc) is 2.99. The van der Waals surface area contributed by atoms with Gasteiger partial charge in [0.1, 0.15) is 11.6 Å². The minimum absolute atomic E-state index is 0.0426. The molecule has 0 spiro atoms. The third kappa shape index (κ3) is 1.45. The molecule has 0 amide bonds. The number of hydrogen-bond acceptors (Lipinski definition) is 2. The van der Waals surface area contributed by atoms with Gasteiger partial charge in [-0.25, -0.2) is 4.39 Å². The topological polar surface area (TPSA) is 46.5 Å². The highest BCUT2D eigenvalue weighted by molar-refractivity contribution is 6.33. The van der Waals surface area contributed by atoms with E-state index < -0.39 is 17.2 Å². The Kier molecular flexibility index (Phi) is 2.54. The van der Waals surface area contributed by atoms with Crippen LogP contribution in [0.2, 0.25) is 5.02 Å². The van der Waals surface area contributed by atoms with Crippen molar-refractivity contribution in [2.45, 2.75) is 18.3 Å². The van der Waals surface area contributed by atoms with Gasteiger partial charge in [-0.1, -0.05) is 11.6 Å². The Morgan fingerprint density at radius 2 is 2.19 bits per heavy atom. The first-order valence-corrected chi connectivity index (χ1v) is 5.16. The van der Waals surface area contributed by atoms with E-state index in [1.54, 1.807) is 0 Å². The van der Waals surface area contributed by atoms with E-state index in [1.807, 2.05) is 0 Å². The average molecular weight is 245 g/mol. The van der Waals surface area contributed by atoms with Crippen LogP contribution in [0.1, 0.15) is 18.4 Å². The van der Waals surface area contributed by atoms with Crippen LogP contribution in [0.5, 0.6) is 5.75 Å². The molecule has 0 unspecified atom stereocenters. The fourth-order valence-electron chi connectivity index (χ4n) is 1.83. The van der Waals surface area contributed by atoms with Crippen LogP contribution in [0.3, 0.4) is 0 Å². The van der Waals surface area contributed by atoms with E-state index in [-0.39, 0.29) is 10.6 Å². The van der Waals surface area contributed by atoms with Crippen LogP contribution in [-0.2, 0) is 10.2 Å². The Bertz CT molecular complexity index is 455. The zero-order valence-corrected chi connectivity index (χ0v) is 9.34. The number of aliphatic carboxylic acids is 1. The van der Waals surface area contributed by atoms with Crippen LogP contribution in [0.4, 0.5) is 4.39 Å². The van der Waals surface area contributed by atoms with Gasteiger partial charge >= 0.3 is 5.97 Å². The quantitative estimate of drug-likeness (QED) is 0.889. The van der Waals surface area contributed by atoms with Crippen molar-refractivity contribution in [2.24, 2.45) is 0 Å². The third-order valence-corrected chi connectivity index (χ3v) is 3.29. The van der Waals surface area contributed by atoms with Gasteiger partial charge in [-0.15, -0.1) is 0 Å². The molecule has 0 radical (unpaired) electrons. The van der Waals surface area contributed by atoms with Crippen molar-refractivity contribution in [1.82, 2.24) is 0 Å². The van der Waals surface area contributed by atoms with Crippen molar-refractivity contribution in [3.63, 3.8) is 0 Å². The van der Waals surface area contributed by atoms with E-state index in [1.165, 1.54) is 19.2 Å². The van der Waals surface area contributed by atoms with Crippen LogP contribution in [0.15, 0.2) is 12.1 Å². The fourth-order valence-corrected chi connectivity index (χ4v) is 2.24. The number of halogens is 2. The molecule has 1 fully saturated rings. The van der Waals surface area contributed by atoms with E-state index in [0.717, 1.165) is 0 Å². The molecule has 86 valence electrons. The molecule has 1 aromatic rings. The summed E-state index contributed by atoms with van der Waals surface area (Å²) >= 11 is 5.95. The lowest BCUT2D eigenvalue weighted by molar-refractivity contribution is -0.140. The lowest BCUT2D eigenvalue weighted by atomic mass is 9.95. The van der Waals surface area contributed by atoms with Gasteiger partial charge in [0.15, 0.2) is 0 Å². The van der Waals surface area contributed by atoms with Gasteiger partial charge in [0.05, 0.1) is 17.5 Å². The predicted octanol–water partition coefficient (Wildman–Crippen LogP) is 2.60. The summed E-state index contributed by atoms with van der Waals surface area (Å²) in [5, 5.41) is 9.16. The molecule has 0 aromatic heterocycles. The van der Waals surface area contributed by atoms with Gasteiger partial charge < -0.3 is 9.84 Å². The highest BCUT2D eigenvalue weighted by atomic mass is 35.5. The second kappa shape index (κ2) is 3.63. The molecule has 1 aromatic carbocycles. The molecule has 0 heterocycles. The lowest BCUT2D eigenvalue weighted by Crippen LogP contribution is -2.21. The first kappa shape index (κ1) is 11.2. The normalized spacial score (nSPS) is 16.9. The maximum absolute atomic E-state index is 13.7. The predicted molar refractivity (Wildman–Crippen MR) is 56.5 cm³/mol. The standard InChI is InChI=1S/C11H10ClFO3/c1-16-7-3-2-6(13)8(9(7)12)11(4-5-11)10(14)15/h2-3H,4-5H2,1H3,(H,14,15). The monoisotopic (exact) mass is 244 g/mol. The number of carbonyl (C=O) groups is 1. The van der Waals surface area contributed by atoms with Gasteiger partial charge in [-0.2, -0.15) is 0 Å². The second-order valence-corrected chi connectivity index (χ2v) is 4.20. The third-order valence-electron chi connectivity index (χ3n) is 2.91. The summed E-state index contributed by atoms with van der Waals surface area (Å²) in [6.45, 7) is 0. The zero-order chi connectivity index (χ0) is 11.9. The minimum atomic E-state index is -1.16. The Morgan fingerprint density at radius 3 is 2.62 bits per heavy atom. The fraction of sp³-hybridized carbons (Fsp3) is 0.364. The van der Waals surface area contributed by atoms with Crippen LogP contribution in [0.25, 0.3) is 0 Å². The number of benzene rings is 1. The van der Waals surface area contributed by atoms with E-state index in [2.05, 4.69) is 0 Å². The van der Waals surface area contributed by atoms with Crippen molar-refractivity contribution >= 4 is 17.6 Å². The van der Waals surface area contributed by atoms with Crippen LogP contribution < -0.4 is 4.74 Å². The molecule has 0 aliphatic heterocycles. The number of methoxy groups -OCH3 is 1. The highest BCUT2D eigenvalue weighted by Gasteiger charge is 2.54. The zero-order valence-electron chi connectivity index (χ0n) is 8.59. The van der Waals surface area contributed by atoms with E-state index in [0.29, 0.717) is 18.6 Å². The largest absolute Gasteiger partial charge is 0.495 e. The molecule has 3 nitrogen and oxygen atoms in total. The molecular formula is C11H10ClFO3. The number of hydrogen-bond donors (Lipinski definition) is 1. The number of rotatable bonds is 3. The van der Waals surface area contributed by atoms with Crippen molar-refractivity contribution in [3.05, 3.63) is 28.5 Å². The van der Waals surface area contributed by atoms with Gasteiger partial charge in [-0.3, -0.25) is 4.79 Å². The minimum Gasteiger partial charge on any atom is -0.495 e. The molecule has 5 heteroatoms. The summed E-state index contributed by atoms with van der Waals surface area (Å²) < 4.78 is 18.6. The van der Waals surface area contributed by atoms with Crippen molar-refractivity contribution < 1.29 is 19.0 Å². The second-order valence-electron chi connectivity index (χ2n) is 3.83. The van der Waals surface area contributed by atoms with E-state index in [4.69, 9.17) is 21.4 Å². The van der Waals surface area contributed by atoms with Gasteiger partial charge in [-0.05, 0) is 25.0 Å². The molecule has 0 saturated heterocycles. The summed E-state index contributed by atoms with van der Waals surface area (Å²) in [5.74, 6) is -1.34. The number of carboxylic acid groups (broad SMARTS) is 1. The molecule has 0 atom stereocenters. The lowest BCUT2D eigenvalue weighted by Gasteiger charge is -2.15. The Morgan fingerprint density at radius 1 is 1.56 bits per heavy atom. The number of ether oxygens (including phenoxy) is 1. The van der Waals surface area contributed by atoms with Gasteiger partial charge in [0.2, 0.25) is 0 Å². The molecule has 1 saturated carbocycles. The Hall–Kier alpha value is -1.29. The summed E-state index contributed by atoms with van der Waals surface area (Å²) in [6, 6.07) is 2.57. The van der Waals surface area contributed by atoms with Crippen molar-refractivity contribution in [1.29, 1.82) is 0 Å². The highest BCUT2D eigenvalue weighted by Crippen LogP contribution is 2.53. The summed E-state index contributed by atoms with van der Waals surface area (Å²) in [5.41, 5.74) is -1.11. The Labute approximate surface area is 96.8 Å². The van der Waals surface area contributed by atoms with Crippen molar-refractivity contribution in [3.8, 4) is 5.75 Å². The summed E-state index contributed by atoms with van der Waals surface area (Å²) in [7, 11) is 1.41. The molecule has 1 aliphatic carbocycles. The van der Waals surface area contributed by atoms with Crippen LogP contribution in [0, 0.1) is 5.82 Å². The molecule has 1 aliphatic rings. The van der Waals surface area contributed by atoms with Gasteiger partial charge in [0, 0.05) is 5.56 Å². The Balaban J connectivity index is 2.60. The van der Waals surface area contributed by atoms with Crippen molar-refractivity contribution in [2.75, 3.05) is 7.11 Å². The maximum atomic E-state index is 13.7. The summed E-state index contributed by atoms with van der Waals surface area (Å²) in [6.07, 6.45) is 0.818. The molecular weight excluding hydrogens is 235 g/mol. The SMILES string of the molecule is COc1ccc(F)c(C2(C(=O)O)CC2)c1Cl. The smallest absolute Gasteiger partial charge is 0.314 e. The summed E-state index contributed by atoms with van der Waals surface area (Å²) in [4.78, 5) is 11.1. The molecule has 0 bridgehead atoms. The maximum Gasteiger partial charge on any atom is 0.314 e. The van der Waals surface area contributed by atoms with E-state index in [9.17, 15) is 9.18 Å². The van der Waals surface area contributed by atoms with Crippen LogP contribution >= 0.6 is 11.6 Å². The van der Waals surface area contributed by atoms with Crippen LogP contribution in [-0.4, -0.2) is 18.2 Å². The number of carboxylic acids is 1. The molecule has 2 rings (SSSR count). The first-order valence-electron chi connectivity index (χ1n) is 4.79. The van der Waals surface area contributed by atoms with Gasteiger partial charge in [0.25, 0.3) is 0 Å². The van der Waals surface area contributed by atoms with E-state index >= 15 is 0 Å². The molecule has 16 heavy (non-hydrogen) atoms. The first-order chi connectivity index (χ1) is 7.53.